The molecular weight excluding hydrogens is 462 g/mol. The third-order valence-corrected chi connectivity index (χ3v) is 6.79. The van der Waals surface area contributed by atoms with E-state index in [0.29, 0.717) is 0 Å². The number of imide groups is 1. The predicted octanol–water partition coefficient (Wildman–Crippen LogP) is 3.07. The molecule has 2 saturated heterocycles. The van der Waals surface area contributed by atoms with Crippen LogP contribution < -0.4 is 0 Å². The van der Waals surface area contributed by atoms with Gasteiger partial charge < -0.3 is 24.1 Å². The van der Waals surface area contributed by atoms with Gasteiger partial charge in [-0.2, -0.15) is 0 Å². The van der Waals surface area contributed by atoms with Crippen molar-refractivity contribution in [3.63, 3.8) is 0 Å². The van der Waals surface area contributed by atoms with Gasteiger partial charge in [0.25, 0.3) is 11.8 Å². The van der Waals surface area contributed by atoms with Crippen LogP contribution in [0.4, 0.5) is 0 Å². The number of ether oxygens (including phenoxy) is 4. The van der Waals surface area contributed by atoms with Gasteiger partial charge in [0.05, 0.1) is 24.3 Å². The van der Waals surface area contributed by atoms with Crippen molar-refractivity contribution in [1.29, 1.82) is 0 Å². The average Bonchev–Trinajstić information content (AvgIpc) is 3.18. The lowest BCUT2D eigenvalue weighted by Crippen LogP contribution is -2.67. The van der Waals surface area contributed by atoms with Gasteiger partial charge in [0, 0.05) is 5.56 Å². The Morgan fingerprint density at radius 3 is 2.11 bits per heavy atom. The molecule has 0 bridgehead atoms. The zero-order valence-electron chi connectivity index (χ0n) is 19.3. The first-order chi connectivity index (χ1) is 17.6. The minimum Gasteiger partial charge on any atom is -0.388 e. The van der Waals surface area contributed by atoms with Crippen LogP contribution in [0.5, 0.6) is 0 Å². The Kier molecular flexibility index (Phi) is 6.12. The summed E-state index contributed by atoms with van der Waals surface area (Å²) in [6, 6.07) is 24.3. The summed E-state index contributed by atoms with van der Waals surface area (Å²) in [5, 5.41) is 11.6. The number of amides is 2. The van der Waals surface area contributed by atoms with Crippen LogP contribution in [-0.2, 0) is 25.6 Å². The summed E-state index contributed by atoms with van der Waals surface area (Å²) in [7, 11) is 0. The molecule has 3 aromatic carbocycles. The predicted molar refractivity (Wildman–Crippen MR) is 127 cm³/mol. The number of aliphatic hydroxyl groups is 1. The zero-order chi connectivity index (χ0) is 24.6. The second-order valence-corrected chi connectivity index (χ2v) is 9.02. The third-order valence-electron chi connectivity index (χ3n) is 6.79. The quantitative estimate of drug-likeness (QED) is 0.553. The van der Waals surface area contributed by atoms with E-state index in [1.54, 1.807) is 24.3 Å². The Balaban J connectivity index is 1.31. The van der Waals surface area contributed by atoms with E-state index in [4.69, 9.17) is 18.9 Å². The van der Waals surface area contributed by atoms with Crippen LogP contribution in [0, 0.1) is 0 Å². The maximum Gasteiger partial charge on any atom is 0.262 e. The number of aliphatic hydroxyl groups excluding tert-OH is 1. The van der Waals surface area contributed by atoms with Gasteiger partial charge in [-0.15, -0.1) is 0 Å². The molecule has 8 heteroatoms. The number of hydrogen-bond donors (Lipinski definition) is 1. The molecule has 3 unspecified atom stereocenters. The molecule has 0 radical (unpaired) electrons. The summed E-state index contributed by atoms with van der Waals surface area (Å²) in [5.74, 6) is -0.997. The van der Waals surface area contributed by atoms with Crippen molar-refractivity contribution < 1.29 is 33.6 Å². The molecule has 0 saturated carbocycles. The normalized spacial score (nSPS) is 29.6. The zero-order valence-corrected chi connectivity index (χ0v) is 19.3. The Labute approximate surface area is 208 Å². The third kappa shape index (κ3) is 4.03. The van der Waals surface area contributed by atoms with Crippen molar-refractivity contribution in [2.45, 2.75) is 43.5 Å². The van der Waals surface area contributed by atoms with Crippen molar-refractivity contribution in [1.82, 2.24) is 4.90 Å². The minimum absolute atomic E-state index is 0.154. The molecule has 0 spiro atoms. The second-order valence-electron chi connectivity index (χ2n) is 9.02. The molecule has 0 aliphatic carbocycles. The van der Waals surface area contributed by atoms with Gasteiger partial charge in [0.1, 0.15) is 24.4 Å². The number of carbonyl (C=O) groups is 2. The molecule has 6 rings (SSSR count). The van der Waals surface area contributed by atoms with Crippen LogP contribution in [0.25, 0.3) is 0 Å². The van der Waals surface area contributed by atoms with E-state index in [9.17, 15) is 14.7 Å². The first kappa shape index (κ1) is 23.0. The van der Waals surface area contributed by atoms with Crippen LogP contribution in [0.15, 0.2) is 84.9 Å². The molecule has 3 aromatic rings. The molecule has 2 fully saturated rings. The molecule has 2 amide bonds. The van der Waals surface area contributed by atoms with Crippen molar-refractivity contribution in [3.8, 4) is 0 Å². The molecule has 6 atom stereocenters. The van der Waals surface area contributed by atoms with E-state index < -0.39 is 48.7 Å². The summed E-state index contributed by atoms with van der Waals surface area (Å²) in [6.07, 6.45) is -4.54. The van der Waals surface area contributed by atoms with Crippen LogP contribution in [0.2, 0.25) is 0 Å². The van der Waals surface area contributed by atoms with E-state index in [0.717, 1.165) is 16.0 Å². The monoisotopic (exact) mass is 487 g/mol. The first-order valence-electron chi connectivity index (χ1n) is 11.9. The minimum atomic E-state index is -1.26. The Morgan fingerprint density at radius 2 is 1.44 bits per heavy atom. The summed E-state index contributed by atoms with van der Waals surface area (Å²) < 4.78 is 24.3. The van der Waals surface area contributed by atoms with E-state index >= 15 is 0 Å². The highest BCUT2D eigenvalue weighted by atomic mass is 16.7. The molecule has 184 valence electrons. The van der Waals surface area contributed by atoms with Gasteiger partial charge in [-0.25, -0.2) is 0 Å². The SMILES string of the molecule is O=C1c2ccccc2C(=O)N1C1[C@H](OCc2ccccc2)OC2COC(c3ccccc3)O[C@H]2[C@@H]1O. The fourth-order valence-electron chi connectivity index (χ4n) is 5.00. The highest BCUT2D eigenvalue weighted by Gasteiger charge is 2.55. The molecule has 0 aromatic heterocycles. The molecule has 8 nitrogen and oxygen atoms in total. The molecule has 3 aliphatic heterocycles. The van der Waals surface area contributed by atoms with Gasteiger partial charge in [0.2, 0.25) is 0 Å². The van der Waals surface area contributed by atoms with Crippen LogP contribution in [-0.4, -0.2) is 59.1 Å². The van der Waals surface area contributed by atoms with E-state index in [2.05, 4.69) is 0 Å². The lowest BCUT2D eigenvalue weighted by atomic mass is 9.94. The van der Waals surface area contributed by atoms with Crippen molar-refractivity contribution >= 4 is 11.8 Å². The molecule has 36 heavy (non-hydrogen) atoms. The summed E-state index contributed by atoms with van der Waals surface area (Å²) in [4.78, 5) is 27.7. The topological polar surface area (TPSA) is 94.5 Å². The van der Waals surface area contributed by atoms with Crippen LogP contribution >= 0.6 is 0 Å². The largest absolute Gasteiger partial charge is 0.388 e. The van der Waals surface area contributed by atoms with Gasteiger partial charge in [0.15, 0.2) is 12.6 Å². The lowest BCUT2D eigenvalue weighted by molar-refractivity contribution is -0.350. The summed E-state index contributed by atoms with van der Waals surface area (Å²) in [6.45, 7) is 0.324. The molecule has 1 N–H and O–H groups in total. The highest BCUT2D eigenvalue weighted by molar-refractivity contribution is 6.21. The van der Waals surface area contributed by atoms with E-state index in [1.165, 1.54) is 0 Å². The fraction of sp³-hybridized carbons (Fsp3) is 0.286. The van der Waals surface area contributed by atoms with E-state index in [1.807, 2.05) is 60.7 Å². The fourth-order valence-corrected chi connectivity index (χ4v) is 5.00. The number of rotatable bonds is 5. The average molecular weight is 488 g/mol. The van der Waals surface area contributed by atoms with Crippen molar-refractivity contribution in [2.24, 2.45) is 0 Å². The number of benzene rings is 3. The van der Waals surface area contributed by atoms with Gasteiger partial charge in [-0.3, -0.25) is 14.5 Å². The number of fused-ring (bicyclic) bond motifs is 2. The second kappa shape index (κ2) is 9.57. The number of carbonyl (C=O) groups excluding carboxylic acids is 2. The highest BCUT2D eigenvalue weighted by Crippen LogP contribution is 2.38. The summed E-state index contributed by atoms with van der Waals surface area (Å²) >= 11 is 0. The molecular formula is C28H25NO7. The van der Waals surface area contributed by atoms with Crippen molar-refractivity contribution in [2.75, 3.05) is 6.61 Å². The Morgan fingerprint density at radius 1 is 0.833 bits per heavy atom. The number of nitrogens with zero attached hydrogens (tertiary/aromatic N) is 1. The first-order valence-corrected chi connectivity index (χ1v) is 11.9. The number of hydrogen-bond acceptors (Lipinski definition) is 7. The molecule has 3 aliphatic rings. The van der Waals surface area contributed by atoms with Crippen molar-refractivity contribution in [3.05, 3.63) is 107 Å². The van der Waals surface area contributed by atoms with Gasteiger partial charge in [-0.05, 0) is 17.7 Å². The van der Waals surface area contributed by atoms with E-state index in [-0.39, 0.29) is 24.3 Å². The van der Waals surface area contributed by atoms with Gasteiger partial charge in [-0.1, -0.05) is 72.8 Å². The van der Waals surface area contributed by atoms with Crippen LogP contribution in [0.3, 0.4) is 0 Å². The van der Waals surface area contributed by atoms with Crippen LogP contribution in [0.1, 0.15) is 38.1 Å². The smallest absolute Gasteiger partial charge is 0.262 e. The Hall–Kier alpha value is -3.40. The maximum absolute atomic E-state index is 13.3. The summed E-state index contributed by atoms with van der Waals surface area (Å²) in [5.41, 5.74) is 2.25. The standard InChI is InChI=1S/C28H25NO7/c30-23-22(29-25(31)19-13-7-8-14-20(19)26(29)32)28(33-15-17-9-3-1-4-10-17)35-21-16-34-27(36-24(21)23)18-11-5-2-6-12-18/h1-14,21-24,27-28,30H,15-16H2/t21?,22?,23-,24-,27?,28-/m1/s1. The Bertz CT molecular complexity index is 1220. The lowest BCUT2D eigenvalue weighted by Gasteiger charge is -2.49. The maximum atomic E-state index is 13.3. The molecule has 3 heterocycles. The van der Waals surface area contributed by atoms with Gasteiger partial charge >= 0.3 is 0 Å².